The van der Waals surface area contributed by atoms with Gasteiger partial charge in [0, 0.05) is 63.1 Å². The number of benzene rings is 10. The number of rotatable bonds is 11. The monoisotopic (exact) mass is 1170 g/mol. The summed E-state index contributed by atoms with van der Waals surface area (Å²) in [7, 11) is 0. The summed E-state index contributed by atoms with van der Waals surface area (Å²) < 4.78 is 151. The van der Waals surface area contributed by atoms with E-state index in [2.05, 4.69) is 86.6 Å². The number of para-hydroxylation sites is 3. The molecule has 0 saturated heterocycles. The van der Waals surface area contributed by atoms with Gasteiger partial charge in [-0.1, -0.05) is 228 Å². The Morgan fingerprint density at radius 2 is 0.864 bits per heavy atom. The van der Waals surface area contributed by atoms with Crippen molar-refractivity contribution in [3.8, 4) is 73.3 Å². The zero-order valence-corrected chi connectivity index (χ0v) is 51.7. The molecule has 438 valence electrons. The van der Waals surface area contributed by atoms with Crippen molar-refractivity contribution in [2.75, 3.05) is 16.5 Å². The summed E-state index contributed by atoms with van der Waals surface area (Å²) in [6.07, 6.45) is 1.66. The summed E-state index contributed by atoms with van der Waals surface area (Å²) in [5.74, 6) is 2.09. The molecular weight excluding hydrogens is 1070 g/mol. The molecule has 1 aliphatic rings. The number of nitrogens with zero attached hydrogens (tertiary/aromatic N) is 4. The number of pyridine rings is 1. The number of fused-ring (bicyclic) bond motifs is 4. The molecule has 0 aliphatic carbocycles. The molecule has 10 aromatic carbocycles. The van der Waals surface area contributed by atoms with Crippen LogP contribution in [0.15, 0.2) is 242 Å². The van der Waals surface area contributed by atoms with Gasteiger partial charge in [0.15, 0.2) is 0 Å². The molecule has 6 heteroatoms. The van der Waals surface area contributed by atoms with Crippen LogP contribution in [0.3, 0.4) is 0 Å². The predicted molar refractivity (Wildman–Crippen MR) is 370 cm³/mol. The summed E-state index contributed by atoms with van der Waals surface area (Å²) in [5, 5.41) is 1.84. The quantitative estimate of drug-likeness (QED) is 0.129. The Balaban J connectivity index is 0.929. The van der Waals surface area contributed by atoms with E-state index >= 15 is 0 Å². The average molecular weight is 1170 g/mol. The highest BCUT2D eigenvalue weighted by Gasteiger charge is 2.33. The lowest BCUT2D eigenvalue weighted by Crippen LogP contribution is -2.25. The first-order valence-corrected chi connectivity index (χ1v) is 29.7. The normalized spacial score (nSPS) is 15.3. The standard InChI is InChI=1S/C82H78N4O2/c1-79(2,3)58-43-57(44-59(45-58)80(4,5)6)71-49-61(82(10,11)12)48-70(56-31-20-15-21-32-56)78(71)88-65-41-42-83-76(52-65)86-72-36-23-22-35-66(72)67-40-39-64(51-75(67)86)87-63-34-26-33-62(50-63)84-53-85(74-38-25-24-37-73(74)84)77-68(54-27-16-13-17-28-54)46-60(81(7,8)9)47-69(77)55-29-18-14-19-30-55/h13-52H,53H2,1-12H3/i13D,14D,15D,16D,17D,18D,19D,20D,21D,27D,28D,29D,30D,31D,32D. The molecule has 0 amide bonds. The lowest BCUT2D eigenvalue weighted by atomic mass is 9.77. The molecule has 0 fully saturated rings. The van der Waals surface area contributed by atoms with Crippen molar-refractivity contribution in [2.45, 2.75) is 105 Å². The van der Waals surface area contributed by atoms with E-state index in [1.54, 1.807) is 24.4 Å². The maximum absolute atomic E-state index is 9.40. The summed E-state index contributed by atoms with van der Waals surface area (Å²) in [5.41, 5.74) is 7.85. The van der Waals surface area contributed by atoms with Gasteiger partial charge >= 0.3 is 0 Å². The first-order valence-electron chi connectivity index (χ1n) is 37.2. The molecule has 0 radical (unpaired) electrons. The van der Waals surface area contributed by atoms with Crippen molar-refractivity contribution in [3.63, 3.8) is 0 Å². The Kier molecular flexibility index (Phi) is 10.7. The number of ether oxygens (including phenoxy) is 2. The van der Waals surface area contributed by atoms with Crippen LogP contribution in [0.1, 0.15) is 126 Å². The van der Waals surface area contributed by atoms with Crippen LogP contribution in [0.2, 0.25) is 0 Å². The highest BCUT2D eigenvalue weighted by molar-refractivity contribution is 6.09. The molecule has 12 aromatic rings. The topological polar surface area (TPSA) is 42.8 Å². The molecule has 0 saturated carbocycles. The molecule has 0 unspecified atom stereocenters. The van der Waals surface area contributed by atoms with Crippen molar-refractivity contribution in [1.29, 1.82) is 0 Å². The fraction of sp³-hybridized carbons (Fsp3) is 0.207. The van der Waals surface area contributed by atoms with Crippen LogP contribution in [0.25, 0.3) is 72.1 Å². The van der Waals surface area contributed by atoms with Gasteiger partial charge < -0.3 is 19.3 Å². The minimum absolute atomic E-state index is 0.00768. The first-order chi connectivity index (χ1) is 48.3. The summed E-state index contributed by atoms with van der Waals surface area (Å²) >= 11 is 0. The molecular formula is C82H78N4O2. The highest BCUT2D eigenvalue weighted by Crippen LogP contribution is 2.53. The largest absolute Gasteiger partial charge is 0.457 e. The Morgan fingerprint density at radius 1 is 0.386 bits per heavy atom. The van der Waals surface area contributed by atoms with Crippen LogP contribution in [0.4, 0.5) is 22.7 Å². The molecule has 1 aliphatic heterocycles. The lowest BCUT2D eigenvalue weighted by Gasteiger charge is -2.30. The van der Waals surface area contributed by atoms with Crippen molar-refractivity contribution in [3.05, 3.63) is 265 Å². The fourth-order valence-electron chi connectivity index (χ4n) is 11.6. The minimum atomic E-state index is -0.658. The molecule has 6 nitrogen and oxygen atoms in total. The van der Waals surface area contributed by atoms with Gasteiger partial charge in [-0.2, -0.15) is 0 Å². The second kappa shape index (κ2) is 22.3. The number of hydrogen-bond acceptors (Lipinski definition) is 5. The Labute approximate surface area is 541 Å². The predicted octanol–water partition coefficient (Wildman–Crippen LogP) is 22.9. The Hall–Kier alpha value is -9.65. The lowest BCUT2D eigenvalue weighted by molar-refractivity contribution is 0.483. The fourth-order valence-corrected chi connectivity index (χ4v) is 11.6. The van der Waals surface area contributed by atoms with E-state index in [0.717, 1.165) is 44.1 Å². The Bertz CT molecular complexity index is 5320. The van der Waals surface area contributed by atoms with Gasteiger partial charge in [-0.25, -0.2) is 4.98 Å². The number of hydrogen-bond donors (Lipinski definition) is 0. The number of anilines is 4. The van der Waals surface area contributed by atoms with Crippen LogP contribution < -0.4 is 19.3 Å². The molecule has 3 heterocycles. The van der Waals surface area contributed by atoms with Crippen LogP contribution >= 0.6 is 0 Å². The van der Waals surface area contributed by atoms with E-state index in [0.29, 0.717) is 62.6 Å². The maximum atomic E-state index is 9.40. The smallest absolute Gasteiger partial charge is 0.143 e. The van der Waals surface area contributed by atoms with Crippen molar-refractivity contribution >= 4 is 44.6 Å². The molecule has 0 atom stereocenters. The van der Waals surface area contributed by atoms with Crippen LogP contribution in [0, 0.1) is 0 Å². The molecule has 88 heavy (non-hydrogen) atoms. The van der Waals surface area contributed by atoms with Gasteiger partial charge in [0.2, 0.25) is 0 Å². The summed E-state index contributed by atoms with van der Waals surface area (Å²) in [6.45, 7) is 25.2. The van der Waals surface area contributed by atoms with E-state index in [9.17, 15) is 8.22 Å². The number of aromatic nitrogens is 2. The van der Waals surface area contributed by atoms with Gasteiger partial charge in [0.1, 0.15) is 35.5 Å². The van der Waals surface area contributed by atoms with Gasteiger partial charge in [-0.15, -0.1) is 0 Å². The van der Waals surface area contributed by atoms with Gasteiger partial charge in [0.25, 0.3) is 0 Å². The molecule has 13 rings (SSSR count). The van der Waals surface area contributed by atoms with Crippen molar-refractivity contribution < 1.29 is 30.0 Å². The van der Waals surface area contributed by atoms with E-state index in [1.165, 1.54) is 0 Å². The van der Waals surface area contributed by atoms with E-state index < -0.39 is 89.4 Å². The van der Waals surface area contributed by atoms with Gasteiger partial charge in [0.05, 0.1) is 48.7 Å². The molecule has 0 spiro atoms. The third-order valence-electron chi connectivity index (χ3n) is 16.4. The third kappa shape index (κ3) is 11.1. The first kappa shape index (κ1) is 42.2. The Morgan fingerprint density at radius 3 is 1.44 bits per heavy atom. The van der Waals surface area contributed by atoms with Crippen LogP contribution in [-0.2, 0) is 21.7 Å². The SMILES string of the molecule is [2H]c1c([2H])c([2H])c(-c2cc(C(C)(C)C)cc(-c3cc(C(C)(C)C)cc(C(C)(C)C)c3)c2Oc2ccnc(-n3c4ccccc4c4ccc(Oc5cccc(N6CN(c7c(-c8c([2H])c([2H])c([2H])c([2H])c8[2H])cc(C(C)(C)C)cc7-c7c([2H])c([2H])c([2H])c([2H])c7[2H])c7ccccc76)c5)cc43)c2)c([2H])c1[2H]. The van der Waals surface area contributed by atoms with Gasteiger partial charge in [-0.05, 0) is 139 Å². The second-order valence-corrected chi connectivity index (χ2v) is 26.7. The summed E-state index contributed by atoms with van der Waals surface area (Å²) in [4.78, 5) is 8.93. The second-order valence-electron chi connectivity index (χ2n) is 26.7. The molecule has 2 aromatic heterocycles. The maximum Gasteiger partial charge on any atom is 0.143 e. The van der Waals surface area contributed by atoms with E-state index in [4.69, 9.17) is 26.8 Å². The van der Waals surface area contributed by atoms with Crippen LogP contribution in [-0.4, -0.2) is 16.2 Å². The average Bonchev–Trinajstić information content (AvgIpc) is 1.73. The highest BCUT2D eigenvalue weighted by atomic mass is 16.5. The van der Waals surface area contributed by atoms with E-state index in [1.807, 2.05) is 138 Å². The third-order valence-corrected chi connectivity index (χ3v) is 16.4. The van der Waals surface area contributed by atoms with Crippen LogP contribution in [0.5, 0.6) is 23.0 Å². The molecule has 0 N–H and O–H groups in total. The minimum Gasteiger partial charge on any atom is -0.457 e. The van der Waals surface area contributed by atoms with Gasteiger partial charge in [-0.3, -0.25) is 4.57 Å². The van der Waals surface area contributed by atoms with E-state index in [-0.39, 0.29) is 63.1 Å². The summed E-state index contributed by atoms with van der Waals surface area (Å²) in [6, 6.07) is 39.2. The zero-order chi connectivity index (χ0) is 74.3. The van der Waals surface area contributed by atoms with Crippen molar-refractivity contribution in [1.82, 2.24) is 9.55 Å². The van der Waals surface area contributed by atoms with Crippen molar-refractivity contribution in [2.24, 2.45) is 0 Å². The molecule has 0 bridgehead atoms. The zero-order valence-electron chi connectivity index (χ0n) is 66.7.